The van der Waals surface area contributed by atoms with E-state index in [0.29, 0.717) is 11.4 Å². The Labute approximate surface area is 134 Å². The number of hydrogen-bond acceptors (Lipinski definition) is 5. The SMILES string of the molecule is CCOC(=O)c1ncccc1NC(=O)Cc1ccccc1OC. The van der Waals surface area contributed by atoms with Gasteiger partial charge in [-0.05, 0) is 25.1 Å². The monoisotopic (exact) mass is 314 g/mol. The summed E-state index contributed by atoms with van der Waals surface area (Å²) in [7, 11) is 1.55. The summed E-state index contributed by atoms with van der Waals surface area (Å²) in [6, 6.07) is 10.5. The van der Waals surface area contributed by atoms with E-state index in [1.807, 2.05) is 18.2 Å². The molecule has 6 nitrogen and oxygen atoms in total. The third-order valence-corrected chi connectivity index (χ3v) is 3.09. The molecule has 1 N–H and O–H groups in total. The molecule has 0 aliphatic rings. The highest BCUT2D eigenvalue weighted by Crippen LogP contribution is 2.19. The highest BCUT2D eigenvalue weighted by Gasteiger charge is 2.16. The third-order valence-electron chi connectivity index (χ3n) is 3.09. The van der Waals surface area contributed by atoms with Crippen LogP contribution in [0.15, 0.2) is 42.6 Å². The van der Waals surface area contributed by atoms with Crippen molar-refractivity contribution in [1.82, 2.24) is 4.98 Å². The fourth-order valence-corrected chi connectivity index (χ4v) is 2.08. The van der Waals surface area contributed by atoms with Gasteiger partial charge in [0.25, 0.3) is 0 Å². The zero-order chi connectivity index (χ0) is 16.7. The van der Waals surface area contributed by atoms with Crippen LogP contribution >= 0.6 is 0 Å². The molecule has 0 fully saturated rings. The first-order valence-corrected chi connectivity index (χ1v) is 7.19. The fraction of sp³-hybridized carbons (Fsp3) is 0.235. The maximum absolute atomic E-state index is 12.2. The maximum atomic E-state index is 12.2. The van der Waals surface area contributed by atoms with E-state index >= 15 is 0 Å². The first kappa shape index (κ1) is 16.5. The number of rotatable bonds is 6. The van der Waals surface area contributed by atoms with Gasteiger partial charge < -0.3 is 14.8 Å². The third kappa shape index (κ3) is 4.29. The van der Waals surface area contributed by atoms with Crippen molar-refractivity contribution in [2.45, 2.75) is 13.3 Å². The summed E-state index contributed by atoms with van der Waals surface area (Å²) in [6.07, 6.45) is 1.60. The lowest BCUT2D eigenvalue weighted by Gasteiger charge is -2.11. The predicted octanol–water partition coefficient (Wildman–Crippen LogP) is 2.45. The fourth-order valence-electron chi connectivity index (χ4n) is 2.08. The Morgan fingerprint density at radius 3 is 2.70 bits per heavy atom. The van der Waals surface area contributed by atoms with Crippen molar-refractivity contribution in [1.29, 1.82) is 0 Å². The van der Waals surface area contributed by atoms with E-state index in [4.69, 9.17) is 9.47 Å². The molecule has 2 aromatic rings. The van der Waals surface area contributed by atoms with Gasteiger partial charge in [-0.2, -0.15) is 0 Å². The zero-order valence-corrected chi connectivity index (χ0v) is 13.0. The Kier molecular flexibility index (Phi) is 5.68. The molecule has 120 valence electrons. The average Bonchev–Trinajstić information content (AvgIpc) is 2.56. The zero-order valence-electron chi connectivity index (χ0n) is 13.0. The number of methoxy groups -OCH3 is 1. The van der Waals surface area contributed by atoms with E-state index in [9.17, 15) is 9.59 Å². The molecule has 0 saturated heterocycles. The minimum atomic E-state index is -0.569. The maximum Gasteiger partial charge on any atom is 0.359 e. The first-order chi connectivity index (χ1) is 11.2. The first-order valence-electron chi connectivity index (χ1n) is 7.19. The number of nitrogens with one attached hydrogen (secondary N) is 1. The number of aromatic nitrogens is 1. The van der Waals surface area contributed by atoms with Gasteiger partial charge in [0.05, 0.1) is 25.8 Å². The van der Waals surface area contributed by atoms with E-state index in [2.05, 4.69) is 10.3 Å². The summed E-state index contributed by atoms with van der Waals surface area (Å²) in [4.78, 5) is 28.1. The minimum Gasteiger partial charge on any atom is -0.496 e. The molecule has 1 heterocycles. The normalized spacial score (nSPS) is 10.0. The molecule has 1 aromatic carbocycles. The summed E-state index contributed by atoms with van der Waals surface area (Å²) in [5, 5.41) is 2.69. The van der Waals surface area contributed by atoms with Gasteiger partial charge in [0.2, 0.25) is 5.91 Å². The number of benzene rings is 1. The number of para-hydroxylation sites is 1. The molecule has 23 heavy (non-hydrogen) atoms. The van der Waals surface area contributed by atoms with E-state index in [1.165, 1.54) is 6.20 Å². The number of ether oxygens (including phenoxy) is 2. The molecule has 0 spiro atoms. The van der Waals surface area contributed by atoms with Crippen LogP contribution in [0.2, 0.25) is 0 Å². The Hall–Kier alpha value is -2.89. The molecule has 2 rings (SSSR count). The van der Waals surface area contributed by atoms with Gasteiger partial charge in [-0.15, -0.1) is 0 Å². The van der Waals surface area contributed by atoms with Crippen molar-refractivity contribution in [3.63, 3.8) is 0 Å². The Bertz CT molecular complexity index is 700. The Morgan fingerprint density at radius 1 is 1.17 bits per heavy atom. The molecule has 6 heteroatoms. The van der Waals surface area contributed by atoms with Gasteiger partial charge in [0, 0.05) is 11.8 Å². The van der Waals surface area contributed by atoms with Crippen LogP contribution in [0.3, 0.4) is 0 Å². The van der Waals surface area contributed by atoms with Crippen LogP contribution in [0.25, 0.3) is 0 Å². The molecule has 0 aliphatic carbocycles. The topological polar surface area (TPSA) is 77.5 Å². The molecule has 0 bridgehead atoms. The van der Waals surface area contributed by atoms with Gasteiger partial charge in [0.1, 0.15) is 5.75 Å². The molecule has 0 atom stereocenters. The quantitative estimate of drug-likeness (QED) is 0.829. The van der Waals surface area contributed by atoms with Gasteiger partial charge in [0.15, 0.2) is 5.69 Å². The van der Waals surface area contributed by atoms with E-state index in [0.717, 1.165) is 5.56 Å². The number of esters is 1. The highest BCUT2D eigenvalue weighted by molar-refractivity contribution is 6.00. The number of nitrogens with zero attached hydrogens (tertiary/aromatic N) is 1. The lowest BCUT2D eigenvalue weighted by Crippen LogP contribution is -2.18. The van der Waals surface area contributed by atoms with E-state index < -0.39 is 5.97 Å². The minimum absolute atomic E-state index is 0.0859. The largest absolute Gasteiger partial charge is 0.496 e. The van der Waals surface area contributed by atoms with Crippen LogP contribution in [0.4, 0.5) is 5.69 Å². The number of carbonyl (C=O) groups excluding carboxylic acids is 2. The van der Waals surface area contributed by atoms with E-state index in [-0.39, 0.29) is 24.6 Å². The van der Waals surface area contributed by atoms with E-state index in [1.54, 1.807) is 32.2 Å². The van der Waals surface area contributed by atoms with Crippen LogP contribution in [0.5, 0.6) is 5.75 Å². The molecular formula is C17H18N2O4. The van der Waals surface area contributed by atoms with Gasteiger partial charge in [-0.1, -0.05) is 18.2 Å². The smallest absolute Gasteiger partial charge is 0.359 e. The molecular weight excluding hydrogens is 296 g/mol. The van der Waals surface area contributed by atoms with Crippen molar-refractivity contribution in [2.75, 3.05) is 19.0 Å². The molecule has 1 amide bonds. The van der Waals surface area contributed by atoms with Crippen LogP contribution in [0.1, 0.15) is 23.0 Å². The van der Waals surface area contributed by atoms with Crippen molar-refractivity contribution in [3.8, 4) is 5.75 Å². The second-order valence-electron chi connectivity index (χ2n) is 4.66. The molecule has 0 aliphatic heterocycles. The average molecular weight is 314 g/mol. The van der Waals surface area contributed by atoms with Gasteiger partial charge >= 0.3 is 5.97 Å². The van der Waals surface area contributed by atoms with Gasteiger partial charge in [-0.25, -0.2) is 9.78 Å². The van der Waals surface area contributed by atoms with Crippen LogP contribution < -0.4 is 10.1 Å². The number of pyridine rings is 1. The lowest BCUT2D eigenvalue weighted by molar-refractivity contribution is -0.115. The molecule has 0 unspecified atom stereocenters. The number of anilines is 1. The second-order valence-corrected chi connectivity index (χ2v) is 4.66. The summed E-state index contributed by atoms with van der Waals surface area (Å²) >= 11 is 0. The van der Waals surface area contributed by atoms with Crippen molar-refractivity contribution >= 4 is 17.6 Å². The Morgan fingerprint density at radius 2 is 1.96 bits per heavy atom. The number of carbonyl (C=O) groups is 2. The number of amides is 1. The molecule has 0 saturated carbocycles. The predicted molar refractivity (Wildman–Crippen MR) is 85.5 cm³/mol. The second kappa shape index (κ2) is 7.93. The number of hydrogen-bond donors (Lipinski definition) is 1. The van der Waals surface area contributed by atoms with Crippen molar-refractivity contribution in [2.24, 2.45) is 0 Å². The van der Waals surface area contributed by atoms with Crippen LogP contribution in [-0.2, 0) is 16.0 Å². The summed E-state index contributed by atoms with van der Waals surface area (Å²) < 4.78 is 10.2. The summed E-state index contributed by atoms with van der Waals surface area (Å²) in [5.41, 5.74) is 1.17. The van der Waals surface area contributed by atoms with Crippen molar-refractivity contribution in [3.05, 3.63) is 53.9 Å². The molecule has 1 aromatic heterocycles. The highest BCUT2D eigenvalue weighted by atomic mass is 16.5. The summed E-state index contributed by atoms with van der Waals surface area (Å²) in [5.74, 6) is -0.201. The summed E-state index contributed by atoms with van der Waals surface area (Å²) in [6.45, 7) is 1.95. The van der Waals surface area contributed by atoms with Crippen LogP contribution in [0, 0.1) is 0 Å². The lowest BCUT2D eigenvalue weighted by atomic mass is 10.1. The van der Waals surface area contributed by atoms with Crippen molar-refractivity contribution < 1.29 is 19.1 Å². The van der Waals surface area contributed by atoms with Gasteiger partial charge in [-0.3, -0.25) is 4.79 Å². The van der Waals surface area contributed by atoms with Crippen LogP contribution in [-0.4, -0.2) is 30.6 Å². The Balaban J connectivity index is 2.13. The standard InChI is InChI=1S/C17H18N2O4/c1-3-23-17(21)16-13(8-6-10-18-16)19-15(20)11-12-7-4-5-9-14(12)22-2/h4-10H,3,11H2,1-2H3,(H,19,20). The molecule has 0 radical (unpaired) electrons.